The number of fused-ring (bicyclic) bond motifs is 3. The molecule has 0 aromatic heterocycles. The van der Waals surface area contributed by atoms with Crippen molar-refractivity contribution in [2.75, 3.05) is 13.1 Å². The number of piperazine rings is 1. The summed E-state index contributed by atoms with van der Waals surface area (Å²) in [6, 6.07) is 1.06. The molecule has 0 radical (unpaired) electrons. The lowest BCUT2D eigenvalue weighted by atomic mass is 9.93. The Kier molecular flexibility index (Phi) is 2.96. The van der Waals surface area contributed by atoms with Gasteiger partial charge in [0.15, 0.2) is 0 Å². The molecule has 0 spiro atoms. The van der Waals surface area contributed by atoms with Gasteiger partial charge in [0.25, 0.3) is 0 Å². The van der Waals surface area contributed by atoms with Crippen LogP contribution in [0.15, 0.2) is 0 Å². The number of amides is 1. The van der Waals surface area contributed by atoms with Crippen LogP contribution < -0.4 is 5.32 Å². The number of hydrogen-bond donors (Lipinski definition) is 1. The van der Waals surface area contributed by atoms with E-state index in [9.17, 15) is 4.79 Å². The predicted octanol–water partition coefficient (Wildman–Crippen LogP) is 0.391. The summed E-state index contributed by atoms with van der Waals surface area (Å²) in [5.74, 6) is 0.237. The van der Waals surface area contributed by atoms with Crippen molar-refractivity contribution in [2.24, 2.45) is 0 Å². The number of hydrogen-bond acceptors (Lipinski definition) is 2. The van der Waals surface area contributed by atoms with Gasteiger partial charge in [0, 0.05) is 32.1 Å². The Morgan fingerprint density at radius 1 is 1.50 bits per heavy atom. The van der Waals surface area contributed by atoms with Gasteiger partial charge in [-0.15, -0.1) is 12.4 Å². The Hall–Kier alpha value is -0.280. The molecule has 1 amide bonds. The molecule has 1 N–H and O–H groups in total. The minimum Gasteiger partial charge on any atom is -0.337 e. The van der Waals surface area contributed by atoms with Crippen LogP contribution >= 0.6 is 12.4 Å². The largest absolute Gasteiger partial charge is 0.337 e. The smallest absolute Gasteiger partial charge is 0.219 e. The van der Waals surface area contributed by atoms with Crippen molar-refractivity contribution in [1.82, 2.24) is 10.2 Å². The maximum Gasteiger partial charge on any atom is 0.219 e. The van der Waals surface area contributed by atoms with E-state index in [4.69, 9.17) is 0 Å². The van der Waals surface area contributed by atoms with E-state index in [-0.39, 0.29) is 18.3 Å². The van der Waals surface area contributed by atoms with Gasteiger partial charge in [-0.05, 0) is 12.8 Å². The van der Waals surface area contributed by atoms with E-state index < -0.39 is 0 Å². The quantitative estimate of drug-likeness (QED) is 0.600. The zero-order valence-corrected chi connectivity index (χ0v) is 8.06. The number of carbonyl (C=O) groups is 1. The van der Waals surface area contributed by atoms with Crippen LogP contribution in [-0.4, -0.2) is 36.0 Å². The Labute approximate surface area is 78.9 Å². The molecular formula is C8H15ClN2O. The van der Waals surface area contributed by atoms with Gasteiger partial charge in [-0.1, -0.05) is 0 Å². The van der Waals surface area contributed by atoms with E-state index in [2.05, 4.69) is 5.32 Å². The van der Waals surface area contributed by atoms with Crippen molar-refractivity contribution in [1.29, 1.82) is 0 Å². The highest BCUT2D eigenvalue weighted by atomic mass is 35.5. The summed E-state index contributed by atoms with van der Waals surface area (Å²) >= 11 is 0. The summed E-state index contributed by atoms with van der Waals surface area (Å²) in [6.07, 6.45) is 2.44. The monoisotopic (exact) mass is 190 g/mol. The van der Waals surface area contributed by atoms with Gasteiger partial charge in [-0.25, -0.2) is 0 Å². The van der Waals surface area contributed by atoms with Gasteiger partial charge >= 0.3 is 0 Å². The zero-order valence-electron chi connectivity index (χ0n) is 7.25. The molecule has 0 aliphatic carbocycles. The molecule has 4 heteroatoms. The number of piperidine rings is 2. The van der Waals surface area contributed by atoms with Crippen molar-refractivity contribution in [2.45, 2.75) is 31.8 Å². The molecule has 2 bridgehead atoms. The van der Waals surface area contributed by atoms with E-state index in [1.165, 1.54) is 12.8 Å². The van der Waals surface area contributed by atoms with Gasteiger partial charge < -0.3 is 10.2 Å². The second kappa shape index (κ2) is 3.62. The molecule has 3 nitrogen and oxygen atoms in total. The lowest BCUT2D eigenvalue weighted by Gasteiger charge is -2.45. The van der Waals surface area contributed by atoms with E-state index in [1.807, 2.05) is 4.90 Å². The SMILES string of the molecule is CC(=O)N1C[C@@H]2CC[C@H]1CN2.Cl. The molecule has 3 fully saturated rings. The maximum atomic E-state index is 11.1. The highest BCUT2D eigenvalue weighted by molar-refractivity contribution is 5.85. The van der Waals surface area contributed by atoms with Gasteiger partial charge in [0.05, 0.1) is 0 Å². The fourth-order valence-electron chi connectivity index (χ4n) is 2.09. The molecule has 3 rings (SSSR count). The summed E-state index contributed by atoms with van der Waals surface area (Å²) in [6.45, 7) is 3.60. The highest BCUT2D eigenvalue weighted by Crippen LogP contribution is 2.21. The van der Waals surface area contributed by atoms with E-state index in [0.29, 0.717) is 12.1 Å². The first-order valence-corrected chi connectivity index (χ1v) is 4.28. The van der Waals surface area contributed by atoms with E-state index in [1.54, 1.807) is 6.92 Å². The average Bonchev–Trinajstić information content (AvgIpc) is 2.06. The molecule has 0 aromatic rings. The molecule has 12 heavy (non-hydrogen) atoms. The van der Waals surface area contributed by atoms with Crippen molar-refractivity contribution < 1.29 is 4.79 Å². The first kappa shape index (κ1) is 9.81. The number of halogens is 1. The van der Waals surface area contributed by atoms with Crippen LogP contribution in [0.4, 0.5) is 0 Å². The Balaban J connectivity index is 0.000000720. The Morgan fingerprint density at radius 2 is 2.25 bits per heavy atom. The summed E-state index contributed by atoms with van der Waals surface area (Å²) in [4.78, 5) is 13.1. The fourth-order valence-corrected chi connectivity index (χ4v) is 2.09. The number of nitrogens with zero attached hydrogens (tertiary/aromatic N) is 1. The number of nitrogens with one attached hydrogen (secondary N) is 1. The van der Waals surface area contributed by atoms with Crippen molar-refractivity contribution in [3.05, 3.63) is 0 Å². The molecule has 3 aliphatic heterocycles. The first-order chi connectivity index (χ1) is 5.27. The van der Waals surface area contributed by atoms with Gasteiger partial charge in [-0.2, -0.15) is 0 Å². The summed E-state index contributed by atoms with van der Waals surface area (Å²) in [5.41, 5.74) is 0. The lowest BCUT2D eigenvalue weighted by Crippen LogP contribution is -2.62. The molecular weight excluding hydrogens is 176 g/mol. The van der Waals surface area contributed by atoms with Crippen LogP contribution in [0.3, 0.4) is 0 Å². The molecule has 3 saturated heterocycles. The third kappa shape index (κ3) is 1.57. The van der Waals surface area contributed by atoms with E-state index >= 15 is 0 Å². The maximum absolute atomic E-state index is 11.1. The van der Waals surface area contributed by atoms with Crippen LogP contribution in [-0.2, 0) is 4.79 Å². The minimum atomic E-state index is 0. The second-order valence-electron chi connectivity index (χ2n) is 3.51. The number of rotatable bonds is 0. The molecule has 2 atom stereocenters. The minimum absolute atomic E-state index is 0. The summed E-state index contributed by atoms with van der Waals surface area (Å²) < 4.78 is 0. The fraction of sp³-hybridized carbons (Fsp3) is 0.875. The van der Waals surface area contributed by atoms with Crippen LogP contribution in [0.25, 0.3) is 0 Å². The molecule has 3 heterocycles. The topological polar surface area (TPSA) is 32.3 Å². The standard InChI is InChI=1S/C8H14N2O.ClH/c1-6(11)10-5-7-2-3-8(10)4-9-7;/h7-9H,2-5H2,1H3;1H/t7-,8-;/m0./s1. The Bertz CT molecular complexity index is 178. The van der Waals surface area contributed by atoms with Crippen molar-refractivity contribution in [3.63, 3.8) is 0 Å². The first-order valence-electron chi connectivity index (χ1n) is 4.28. The molecule has 0 aromatic carbocycles. The molecule has 70 valence electrons. The van der Waals surface area contributed by atoms with Gasteiger partial charge in [0.1, 0.15) is 0 Å². The average molecular weight is 191 g/mol. The molecule has 0 unspecified atom stereocenters. The normalized spacial score (nSPS) is 32.9. The second-order valence-corrected chi connectivity index (χ2v) is 3.51. The van der Waals surface area contributed by atoms with Crippen LogP contribution in [0.2, 0.25) is 0 Å². The van der Waals surface area contributed by atoms with Crippen LogP contribution in [0, 0.1) is 0 Å². The Morgan fingerprint density at radius 3 is 2.50 bits per heavy atom. The van der Waals surface area contributed by atoms with Gasteiger partial charge in [0.2, 0.25) is 5.91 Å². The van der Waals surface area contributed by atoms with Crippen LogP contribution in [0.5, 0.6) is 0 Å². The predicted molar refractivity (Wildman–Crippen MR) is 49.4 cm³/mol. The van der Waals surface area contributed by atoms with E-state index in [0.717, 1.165) is 13.1 Å². The molecule has 0 saturated carbocycles. The van der Waals surface area contributed by atoms with Gasteiger partial charge in [-0.3, -0.25) is 4.79 Å². The lowest BCUT2D eigenvalue weighted by molar-refractivity contribution is -0.134. The third-order valence-corrected chi connectivity index (χ3v) is 2.75. The summed E-state index contributed by atoms with van der Waals surface area (Å²) in [7, 11) is 0. The van der Waals surface area contributed by atoms with Crippen LogP contribution in [0.1, 0.15) is 19.8 Å². The third-order valence-electron chi connectivity index (χ3n) is 2.75. The highest BCUT2D eigenvalue weighted by Gasteiger charge is 2.34. The zero-order chi connectivity index (χ0) is 7.84. The number of carbonyl (C=O) groups excluding carboxylic acids is 1. The molecule has 3 aliphatic rings. The van der Waals surface area contributed by atoms with Crippen molar-refractivity contribution in [3.8, 4) is 0 Å². The summed E-state index contributed by atoms with van der Waals surface area (Å²) in [5, 5.41) is 3.41. The van der Waals surface area contributed by atoms with Crippen molar-refractivity contribution >= 4 is 18.3 Å².